The second kappa shape index (κ2) is 5.22. The van der Waals surface area contributed by atoms with Gasteiger partial charge < -0.3 is 9.84 Å². The SMILES string of the molecule is c1cncc(-c2nc(C3(CC4CC4)CCCNC3)no2)c1. The molecule has 2 aromatic heterocycles. The summed E-state index contributed by atoms with van der Waals surface area (Å²) < 4.78 is 5.50. The molecule has 0 spiro atoms. The first-order valence-electron chi connectivity index (χ1n) is 7.81. The third kappa shape index (κ3) is 2.58. The maximum absolute atomic E-state index is 5.50. The summed E-state index contributed by atoms with van der Waals surface area (Å²) in [6.45, 7) is 2.06. The van der Waals surface area contributed by atoms with Crippen molar-refractivity contribution in [3.63, 3.8) is 0 Å². The maximum atomic E-state index is 5.50. The van der Waals surface area contributed by atoms with Crippen LogP contribution in [0.3, 0.4) is 0 Å². The van der Waals surface area contributed by atoms with E-state index in [9.17, 15) is 0 Å². The Bertz CT molecular complexity index is 600. The van der Waals surface area contributed by atoms with E-state index in [0.717, 1.165) is 36.8 Å². The molecule has 2 fully saturated rings. The molecule has 5 nitrogen and oxygen atoms in total. The van der Waals surface area contributed by atoms with Crippen LogP contribution in [0.4, 0.5) is 0 Å². The molecule has 0 amide bonds. The number of nitrogens with one attached hydrogen (secondary N) is 1. The lowest BCUT2D eigenvalue weighted by molar-refractivity contribution is 0.256. The molecule has 4 rings (SSSR count). The van der Waals surface area contributed by atoms with Gasteiger partial charge in [-0.25, -0.2) is 0 Å². The highest BCUT2D eigenvalue weighted by atomic mass is 16.5. The van der Waals surface area contributed by atoms with Crippen molar-refractivity contribution in [1.82, 2.24) is 20.4 Å². The Morgan fingerprint density at radius 2 is 2.33 bits per heavy atom. The number of hydrogen-bond donors (Lipinski definition) is 1. The van der Waals surface area contributed by atoms with Crippen molar-refractivity contribution < 1.29 is 4.52 Å². The second-order valence-corrected chi connectivity index (χ2v) is 6.37. The highest BCUT2D eigenvalue weighted by Gasteiger charge is 2.42. The Balaban J connectivity index is 1.65. The summed E-state index contributed by atoms with van der Waals surface area (Å²) >= 11 is 0. The van der Waals surface area contributed by atoms with E-state index in [1.54, 1.807) is 12.4 Å². The van der Waals surface area contributed by atoms with E-state index >= 15 is 0 Å². The summed E-state index contributed by atoms with van der Waals surface area (Å²) in [4.78, 5) is 8.82. The van der Waals surface area contributed by atoms with Gasteiger partial charge in [0.25, 0.3) is 5.89 Å². The summed E-state index contributed by atoms with van der Waals surface area (Å²) in [6.07, 6.45) is 9.76. The molecule has 1 saturated carbocycles. The Morgan fingerprint density at radius 1 is 1.38 bits per heavy atom. The van der Waals surface area contributed by atoms with Gasteiger partial charge in [0, 0.05) is 24.4 Å². The molecule has 1 atom stereocenters. The average Bonchev–Trinajstić information content (AvgIpc) is 3.20. The zero-order chi connectivity index (χ0) is 14.1. The number of aromatic nitrogens is 3. The van der Waals surface area contributed by atoms with Gasteiger partial charge in [0.05, 0.1) is 5.56 Å². The maximum Gasteiger partial charge on any atom is 0.259 e. The van der Waals surface area contributed by atoms with Crippen molar-refractivity contribution >= 4 is 0 Å². The second-order valence-electron chi connectivity index (χ2n) is 6.37. The first kappa shape index (κ1) is 13.0. The third-order valence-corrected chi connectivity index (χ3v) is 4.66. The van der Waals surface area contributed by atoms with Gasteiger partial charge in [-0.3, -0.25) is 4.98 Å². The summed E-state index contributed by atoms with van der Waals surface area (Å²) in [5, 5.41) is 7.84. The minimum absolute atomic E-state index is 0.0589. The van der Waals surface area contributed by atoms with Gasteiger partial charge in [-0.15, -0.1) is 0 Å². The van der Waals surface area contributed by atoms with Crippen LogP contribution in [0.1, 0.15) is 37.9 Å². The van der Waals surface area contributed by atoms with Gasteiger partial charge in [-0.05, 0) is 43.9 Å². The molecule has 1 N–H and O–H groups in total. The van der Waals surface area contributed by atoms with E-state index < -0.39 is 0 Å². The quantitative estimate of drug-likeness (QED) is 0.934. The van der Waals surface area contributed by atoms with E-state index in [1.807, 2.05) is 12.1 Å². The van der Waals surface area contributed by atoms with E-state index in [-0.39, 0.29) is 5.41 Å². The Kier molecular flexibility index (Phi) is 3.22. The van der Waals surface area contributed by atoms with Crippen LogP contribution in [0.5, 0.6) is 0 Å². The highest BCUT2D eigenvalue weighted by Crippen LogP contribution is 2.44. The Morgan fingerprint density at radius 3 is 3.05 bits per heavy atom. The van der Waals surface area contributed by atoms with E-state index in [1.165, 1.54) is 25.7 Å². The standard InChI is InChI=1S/C16H20N4O/c1-3-13(10-17-7-1)14-19-15(20-21-14)16(9-12-4-5-12)6-2-8-18-11-16/h1,3,7,10,12,18H,2,4-6,8-9,11H2. The molecule has 21 heavy (non-hydrogen) atoms. The smallest absolute Gasteiger partial charge is 0.259 e. The number of pyridine rings is 1. The van der Waals surface area contributed by atoms with Crippen molar-refractivity contribution in [3.8, 4) is 11.5 Å². The van der Waals surface area contributed by atoms with E-state index in [0.29, 0.717) is 5.89 Å². The van der Waals surface area contributed by atoms with Crippen LogP contribution in [0.15, 0.2) is 29.0 Å². The molecular weight excluding hydrogens is 264 g/mol. The fourth-order valence-electron chi connectivity index (χ4n) is 3.34. The monoisotopic (exact) mass is 284 g/mol. The molecule has 3 heterocycles. The van der Waals surface area contributed by atoms with Gasteiger partial charge >= 0.3 is 0 Å². The zero-order valence-corrected chi connectivity index (χ0v) is 12.1. The number of piperidine rings is 1. The predicted octanol–water partition coefficient (Wildman–Crippen LogP) is 2.55. The lowest BCUT2D eigenvalue weighted by Gasteiger charge is -2.35. The number of rotatable bonds is 4. The van der Waals surface area contributed by atoms with Gasteiger partial charge in [-0.2, -0.15) is 4.98 Å². The van der Waals surface area contributed by atoms with Gasteiger partial charge in [0.15, 0.2) is 5.82 Å². The molecular formula is C16H20N4O. The van der Waals surface area contributed by atoms with Crippen molar-refractivity contribution in [3.05, 3.63) is 30.4 Å². The summed E-state index contributed by atoms with van der Waals surface area (Å²) in [7, 11) is 0. The molecule has 2 aliphatic rings. The molecule has 0 bridgehead atoms. The van der Waals surface area contributed by atoms with Crippen molar-refractivity contribution in [1.29, 1.82) is 0 Å². The largest absolute Gasteiger partial charge is 0.334 e. The normalized spacial score (nSPS) is 25.9. The van der Waals surface area contributed by atoms with Gasteiger partial charge in [0.1, 0.15) is 0 Å². The van der Waals surface area contributed by atoms with Crippen molar-refractivity contribution in [2.24, 2.45) is 5.92 Å². The number of hydrogen-bond acceptors (Lipinski definition) is 5. The molecule has 5 heteroatoms. The minimum Gasteiger partial charge on any atom is -0.334 e. The lowest BCUT2D eigenvalue weighted by atomic mass is 9.75. The van der Waals surface area contributed by atoms with Crippen molar-refractivity contribution in [2.75, 3.05) is 13.1 Å². The van der Waals surface area contributed by atoms with E-state index in [2.05, 4.69) is 15.5 Å². The summed E-state index contributed by atoms with van der Waals surface area (Å²) in [5.74, 6) is 2.31. The highest BCUT2D eigenvalue weighted by molar-refractivity contribution is 5.50. The first-order chi connectivity index (χ1) is 10.4. The Hall–Kier alpha value is -1.75. The summed E-state index contributed by atoms with van der Waals surface area (Å²) in [6, 6.07) is 3.85. The number of nitrogens with zero attached hydrogens (tertiary/aromatic N) is 3. The van der Waals surface area contributed by atoms with Gasteiger partial charge in [-0.1, -0.05) is 18.0 Å². The molecule has 1 aliphatic carbocycles. The molecule has 0 aromatic carbocycles. The van der Waals surface area contributed by atoms with Crippen LogP contribution in [0, 0.1) is 5.92 Å². The summed E-state index contributed by atoms with van der Waals surface area (Å²) in [5.41, 5.74) is 0.949. The fraction of sp³-hybridized carbons (Fsp3) is 0.562. The van der Waals surface area contributed by atoms with Crippen molar-refractivity contribution in [2.45, 2.75) is 37.5 Å². The van der Waals surface area contributed by atoms with Crippen LogP contribution in [0.2, 0.25) is 0 Å². The topological polar surface area (TPSA) is 63.8 Å². The van der Waals surface area contributed by atoms with Crippen LogP contribution >= 0.6 is 0 Å². The van der Waals surface area contributed by atoms with Gasteiger partial charge in [0.2, 0.25) is 0 Å². The Labute approximate surface area is 124 Å². The van der Waals surface area contributed by atoms with E-state index in [4.69, 9.17) is 9.51 Å². The molecule has 110 valence electrons. The molecule has 1 unspecified atom stereocenters. The minimum atomic E-state index is 0.0589. The molecule has 1 aliphatic heterocycles. The third-order valence-electron chi connectivity index (χ3n) is 4.66. The molecule has 0 radical (unpaired) electrons. The average molecular weight is 284 g/mol. The van der Waals surface area contributed by atoms with Crippen LogP contribution in [-0.2, 0) is 5.41 Å². The predicted molar refractivity (Wildman–Crippen MR) is 78.7 cm³/mol. The van der Waals surface area contributed by atoms with Crippen LogP contribution < -0.4 is 5.32 Å². The zero-order valence-electron chi connectivity index (χ0n) is 12.1. The lowest BCUT2D eigenvalue weighted by Crippen LogP contribution is -2.44. The first-order valence-corrected chi connectivity index (χ1v) is 7.81. The van der Waals surface area contributed by atoms with Crippen LogP contribution in [-0.4, -0.2) is 28.2 Å². The van der Waals surface area contributed by atoms with Crippen LogP contribution in [0.25, 0.3) is 11.5 Å². The molecule has 1 saturated heterocycles. The molecule has 2 aromatic rings. The fourth-order valence-corrected chi connectivity index (χ4v) is 3.34.